The van der Waals surface area contributed by atoms with Crippen LogP contribution in [0.25, 0.3) is 0 Å². The van der Waals surface area contributed by atoms with Crippen molar-refractivity contribution in [1.82, 2.24) is 0 Å². The fourth-order valence-corrected chi connectivity index (χ4v) is 1.46. The highest BCUT2D eigenvalue weighted by atomic mass is 16.5. The first-order chi connectivity index (χ1) is 5.41. The van der Waals surface area contributed by atoms with E-state index in [-0.39, 0.29) is 6.10 Å². The number of ether oxygens (including phenoxy) is 1. The van der Waals surface area contributed by atoms with Crippen molar-refractivity contribution >= 4 is 0 Å². The van der Waals surface area contributed by atoms with Gasteiger partial charge in [-0.1, -0.05) is 12.2 Å². The number of hydrogen-bond acceptors (Lipinski definition) is 2. The average Bonchev–Trinajstić information content (AvgIpc) is 2.30. The summed E-state index contributed by atoms with van der Waals surface area (Å²) in [7, 11) is 0. The first-order valence-corrected chi connectivity index (χ1v) is 4.40. The standard InChI is InChI=1S/C10H18O2/c1-7(2)8-5-9(12-6-8)10(3,4)11/h8-9,11H,1,5-6H2,2-4H3/t8-,9+/m0/s1. The van der Waals surface area contributed by atoms with Crippen LogP contribution in [0.4, 0.5) is 0 Å². The van der Waals surface area contributed by atoms with Crippen molar-refractivity contribution in [2.75, 3.05) is 6.61 Å². The van der Waals surface area contributed by atoms with E-state index in [1.54, 1.807) is 13.8 Å². The molecule has 2 heteroatoms. The molecular weight excluding hydrogens is 152 g/mol. The molecule has 0 saturated carbocycles. The van der Waals surface area contributed by atoms with Crippen molar-refractivity contribution in [2.24, 2.45) is 5.92 Å². The predicted octanol–water partition coefficient (Wildman–Crippen LogP) is 1.74. The van der Waals surface area contributed by atoms with Gasteiger partial charge in [-0.2, -0.15) is 0 Å². The van der Waals surface area contributed by atoms with Crippen LogP contribution in [0.5, 0.6) is 0 Å². The molecule has 0 unspecified atom stereocenters. The lowest BCUT2D eigenvalue weighted by Crippen LogP contribution is -2.35. The molecule has 0 bridgehead atoms. The molecule has 1 aliphatic heterocycles. The molecule has 1 N–H and O–H groups in total. The Morgan fingerprint density at radius 2 is 2.17 bits per heavy atom. The van der Waals surface area contributed by atoms with E-state index in [1.165, 1.54) is 0 Å². The van der Waals surface area contributed by atoms with Gasteiger partial charge in [0.05, 0.1) is 18.3 Å². The highest BCUT2D eigenvalue weighted by Gasteiger charge is 2.35. The third kappa shape index (κ3) is 2.08. The van der Waals surface area contributed by atoms with Gasteiger partial charge in [0.2, 0.25) is 0 Å². The molecule has 0 aromatic heterocycles. The summed E-state index contributed by atoms with van der Waals surface area (Å²) >= 11 is 0. The SMILES string of the molecule is C=C(C)[C@@H]1CO[C@@H](C(C)(C)O)C1. The molecule has 0 amide bonds. The molecule has 0 radical (unpaired) electrons. The molecule has 2 atom stereocenters. The largest absolute Gasteiger partial charge is 0.388 e. The van der Waals surface area contributed by atoms with E-state index in [2.05, 4.69) is 6.58 Å². The van der Waals surface area contributed by atoms with E-state index in [1.807, 2.05) is 6.92 Å². The predicted molar refractivity (Wildman–Crippen MR) is 49.0 cm³/mol. The Morgan fingerprint density at radius 3 is 2.42 bits per heavy atom. The summed E-state index contributed by atoms with van der Waals surface area (Å²) < 4.78 is 5.48. The maximum Gasteiger partial charge on any atom is 0.0863 e. The summed E-state index contributed by atoms with van der Waals surface area (Å²) in [6.45, 7) is 10.2. The van der Waals surface area contributed by atoms with Gasteiger partial charge in [-0.15, -0.1) is 0 Å². The van der Waals surface area contributed by atoms with Gasteiger partial charge in [0.15, 0.2) is 0 Å². The van der Waals surface area contributed by atoms with Crippen LogP contribution in [0.3, 0.4) is 0 Å². The maximum atomic E-state index is 9.66. The Bertz CT molecular complexity index is 179. The first kappa shape index (κ1) is 9.75. The van der Waals surface area contributed by atoms with Crippen LogP contribution in [-0.4, -0.2) is 23.4 Å². The molecule has 1 rings (SSSR count). The number of rotatable bonds is 2. The molecular formula is C10H18O2. The van der Waals surface area contributed by atoms with Crippen LogP contribution in [-0.2, 0) is 4.74 Å². The zero-order valence-electron chi connectivity index (χ0n) is 8.13. The van der Waals surface area contributed by atoms with Gasteiger partial charge in [0.1, 0.15) is 0 Å². The molecule has 0 aliphatic carbocycles. The second-order valence-corrected chi connectivity index (χ2v) is 4.25. The summed E-state index contributed by atoms with van der Waals surface area (Å²) in [6, 6.07) is 0. The monoisotopic (exact) mass is 170 g/mol. The van der Waals surface area contributed by atoms with Gasteiger partial charge in [-0.3, -0.25) is 0 Å². The zero-order valence-corrected chi connectivity index (χ0v) is 8.13. The van der Waals surface area contributed by atoms with E-state index in [4.69, 9.17) is 4.74 Å². The van der Waals surface area contributed by atoms with Crippen LogP contribution < -0.4 is 0 Å². The van der Waals surface area contributed by atoms with Crippen LogP contribution in [0.15, 0.2) is 12.2 Å². The summed E-state index contributed by atoms with van der Waals surface area (Å²) in [5.74, 6) is 0.432. The molecule has 0 aromatic rings. The van der Waals surface area contributed by atoms with Crippen LogP contribution in [0.1, 0.15) is 27.2 Å². The highest BCUT2D eigenvalue weighted by Crippen LogP contribution is 2.30. The Kier molecular flexibility index (Phi) is 2.59. The Hall–Kier alpha value is -0.340. The summed E-state index contributed by atoms with van der Waals surface area (Å²) in [6.07, 6.45) is 0.873. The Morgan fingerprint density at radius 1 is 1.58 bits per heavy atom. The zero-order chi connectivity index (χ0) is 9.35. The lowest BCUT2D eigenvalue weighted by Gasteiger charge is -2.24. The minimum Gasteiger partial charge on any atom is -0.388 e. The van der Waals surface area contributed by atoms with Crippen LogP contribution >= 0.6 is 0 Å². The molecule has 1 aliphatic rings. The fraction of sp³-hybridized carbons (Fsp3) is 0.800. The van der Waals surface area contributed by atoms with E-state index in [0.717, 1.165) is 12.0 Å². The highest BCUT2D eigenvalue weighted by molar-refractivity contribution is 5.01. The molecule has 0 spiro atoms. The molecule has 70 valence electrons. The third-order valence-electron chi connectivity index (χ3n) is 2.48. The van der Waals surface area contributed by atoms with Crippen molar-refractivity contribution in [3.63, 3.8) is 0 Å². The molecule has 2 nitrogen and oxygen atoms in total. The third-order valence-corrected chi connectivity index (χ3v) is 2.48. The van der Waals surface area contributed by atoms with Crippen LogP contribution in [0, 0.1) is 5.92 Å². The molecule has 1 saturated heterocycles. The van der Waals surface area contributed by atoms with E-state index in [9.17, 15) is 5.11 Å². The fourth-order valence-electron chi connectivity index (χ4n) is 1.46. The lowest BCUT2D eigenvalue weighted by atomic mass is 9.92. The molecule has 1 heterocycles. The summed E-state index contributed by atoms with van der Waals surface area (Å²) in [5.41, 5.74) is 0.436. The van der Waals surface area contributed by atoms with Crippen molar-refractivity contribution in [1.29, 1.82) is 0 Å². The Balaban J connectivity index is 2.51. The topological polar surface area (TPSA) is 29.5 Å². The minimum atomic E-state index is -0.718. The molecule has 12 heavy (non-hydrogen) atoms. The lowest BCUT2D eigenvalue weighted by molar-refractivity contribution is -0.0600. The van der Waals surface area contributed by atoms with E-state index < -0.39 is 5.60 Å². The van der Waals surface area contributed by atoms with Crippen molar-refractivity contribution in [3.05, 3.63) is 12.2 Å². The van der Waals surface area contributed by atoms with Crippen molar-refractivity contribution in [2.45, 2.75) is 38.9 Å². The van der Waals surface area contributed by atoms with E-state index in [0.29, 0.717) is 12.5 Å². The van der Waals surface area contributed by atoms with Gasteiger partial charge >= 0.3 is 0 Å². The molecule has 0 aromatic carbocycles. The van der Waals surface area contributed by atoms with Crippen molar-refractivity contribution in [3.8, 4) is 0 Å². The Labute approximate surface area is 74.2 Å². The average molecular weight is 170 g/mol. The van der Waals surface area contributed by atoms with E-state index >= 15 is 0 Å². The second-order valence-electron chi connectivity index (χ2n) is 4.25. The minimum absolute atomic E-state index is 0.0285. The van der Waals surface area contributed by atoms with Gasteiger partial charge in [-0.25, -0.2) is 0 Å². The number of aliphatic hydroxyl groups is 1. The van der Waals surface area contributed by atoms with Gasteiger partial charge < -0.3 is 9.84 Å². The first-order valence-electron chi connectivity index (χ1n) is 4.40. The second kappa shape index (κ2) is 3.19. The van der Waals surface area contributed by atoms with Gasteiger partial charge in [0, 0.05) is 5.92 Å². The molecule has 1 fully saturated rings. The van der Waals surface area contributed by atoms with Gasteiger partial charge in [0.25, 0.3) is 0 Å². The number of hydrogen-bond donors (Lipinski definition) is 1. The smallest absolute Gasteiger partial charge is 0.0863 e. The normalized spacial score (nSPS) is 30.7. The summed E-state index contributed by atoms with van der Waals surface area (Å²) in [5, 5.41) is 9.66. The quantitative estimate of drug-likeness (QED) is 0.640. The van der Waals surface area contributed by atoms with Crippen molar-refractivity contribution < 1.29 is 9.84 Å². The summed E-state index contributed by atoms with van der Waals surface area (Å²) in [4.78, 5) is 0. The van der Waals surface area contributed by atoms with Gasteiger partial charge in [-0.05, 0) is 27.2 Å². The maximum absolute atomic E-state index is 9.66. The van der Waals surface area contributed by atoms with Crippen LogP contribution in [0.2, 0.25) is 0 Å².